The topological polar surface area (TPSA) is 9.23 Å². The Hall–Kier alpha value is -1.42. The average Bonchev–Trinajstić information content (AvgIpc) is 2.34. The molecule has 1 rings (SSSR count). The van der Waals surface area contributed by atoms with Gasteiger partial charge in [-0.2, -0.15) is 0 Å². The van der Waals surface area contributed by atoms with Crippen molar-refractivity contribution in [2.24, 2.45) is 0 Å². The number of hydrogen-bond acceptors (Lipinski definition) is 1. The Kier molecular flexibility index (Phi) is 5.78. The maximum absolute atomic E-state index is 5.93. The van der Waals surface area contributed by atoms with Gasteiger partial charge in [-0.25, -0.2) is 0 Å². The molecule has 0 amide bonds. The summed E-state index contributed by atoms with van der Waals surface area (Å²) in [7, 11) is 0. The van der Waals surface area contributed by atoms with Gasteiger partial charge in [-0.15, -0.1) is 11.8 Å². The normalized spacial score (nSPS) is 11.6. The van der Waals surface area contributed by atoms with Crippen molar-refractivity contribution in [2.75, 3.05) is 6.61 Å². The number of benzene rings is 1. The summed E-state index contributed by atoms with van der Waals surface area (Å²) in [5.74, 6) is 7.61. The van der Waals surface area contributed by atoms with Gasteiger partial charge in [0.15, 0.2) is 0 Å². The molecule has 18 heavy (non-hydrogen) atoms. The van der Waals surface area contributed by atoms with E-state index < -0.39 is 0 Å². The van der Waals surface area contributed by atoms with Crippen molar-refractivity contribution < 1.29 is 4.74 Å². The second kappa shape index (κ2) is 7.11. The van der Waals surface area contributed by atoms with Gasteiger partial charge < -0.3 is 4.74 Å². The SMILES string of the molecule is CC#CCC(C)c1cc(C)cc(C)c1OCCC. The van der Waals surface area contributed by atoms with Crippen molar-refractivity contribution in [1.29, 1.82) is 0 Å². The predicted octanol–water partition coefficient (Wildman–Crippen LogP) is 4.61. The van der Waals surface area contributed by atoms with E-state index in [-0.39, 0.29) is 0 Å². The van der Waals surface area contributed by atoms with E-state index >= 15 is 0 Å². The zero-order valence-electron chi connectivity index (χ0n) is 12.3. The third kappa shape index (κ3) is 3.81. The third-order valence-corrected chi connectivity index (χ3v) is 3.01. The van der Waals surface area contributed by atoms with Crippen molar-refractivity contribution in [3.8, 4) is 17.6 Å². The number of aryl methyl sites for hydroxylation is 2. The first-order valence-corrected chi connectivity index (χ1v) is 6.73. The van der Waals surface area contributed by atoms with Gasteiger partial charge in [-0.3, -0.25) is 0 Å². The molecule has 0 aliphatic rings. The Morgan fingerprint density at radius 1 is 1.28 bits per heavy atom. The van der Waals surface area contributed by atoms with Gasteiger partial charge in [0, 0.05) is 6.42 Å². The highest BCUT2D eigenvalue weighted by Crippen LogP contribution is 2.33. The Labute approximate surface area is 112 Å². The maximum atomic E-state index is 5.93. The fraction of sp³-hybridized carbons (Fsp3) is 0.529. The molecule has 0 saturated carbocycles. The largest absolute Gasteiger partial charge is 0.493 e. The van der Waals surface area contributed by atoms with E-state index in [0.29, 0.717) is 5.92 Å². The minimum atomic E-state index is 0.419. The summed E-state index contributed by atoms with van der Waals surface area (Å²) < 4.78 is 5.93. The summed E-state index contributed by atoms with van der Waals surface area (Å²) in [5, 5.41) is 0. The molecular weight excluding hydrogens is 220 g/mol. The molecule has 1 aromatic carbocycles. The molecule has 0 N–H and O–H groups in total. The maximum Gasteiger partial charge on any atom is 0.125 e. The first kappa shape index (κ1) is 14.6. The fourth-order valence-electron chi connectivity index (χ4n) is 2.12. The molecule has 0 aliphatic heterocycles. The molecule has 0 heterocycles. The number of rotatable bonds is 5. The zero-order valence-corrected chi connectivity index (χ0v) is 12.3. The zero-order chi connectivity index (χ0) is 13.5. The van der Waals surface area contributed by atoms with E-state index in [0.717, 1.165) is 25.2 Å². The molecule has 98 valence electrons. The monoisotopic (exact) mass is 244 g/mol. The van der Waals surface area contributed by atoms with Crippen LogP contribution in [0, 0.1) is 25.7 Å². The van der Waals surface area contributed by atoms with Gasteiger partial charge in [0.1, 0.15) is 5.75 Å². The van der Waals surface area contributed by atoms with E-state index in [1.54, 1.807) is 0 Å². The Balaban J connectivity index is 3.08. The first-order valence-electron chi connectivity index (χ1n) is 6.73. The lowest BCUT2D eigenvalue weighted by atomic mass is 9.93. The molecule has 0 aromatic heterocycles. The Morgan fingerprint density at radius 3 is 2.61 bits per heavy atom. The molecule has 0 fully saturated rings. The smallest absolute Gasteiger partial charge is 0.125 e. The summed E-state index contributed by atoms with van der Waals surface area (Å²) in [4.78, 5) is 0. The molecule has 1 atom stereocenters. The van der Waals surface area contributed by atoms with Crippen LogP contribution in [0.25, 0.3) is 0 Å². The molecule has 1 aromatic rings. The van der Waals surface area contributed by atoms with E-state index in [9.17, 15) is 0 Å². The van der Waals surface area contributed by atoms with Crippen LogP contribution in [0.3, 0.4) is 0 Å². The average molecular weight is 244 g/mol. The van der Waals surface area contributed by atoms with Gasteiger partial charge in [0.25, 0.3) is 0 Å². The predicted molar refractivity (Wildman–Crippen MR) is 78.2 cm³/mol. The summed E-state index contributed by atoms with van der Waals surface area (Å²) >= 11 is 0. The van der Waals surface area contributed by atoms with Crippen LogP contribution in [-0.2, 0) is 0 Å². The van der Waals surface area contributed by atoms with Crippen LogP contribution in [-0.4, -0.2) is 6.61 Å². The van der Waals surface area contributed by atoms with Crippen molar-refractivity contribution in [1.82, 2.24) is 0 Å². The summed E-state index contributed by atoms with van der Waals surface area (Å²) in [5.41, 5.74) is 3.82. The number of hydrogen-bond donors (Lipinski definition) is 0. The minimum absolute atomic E-state index is 0.419. The van der Waals surface area contributed by atoms with Crippen molar-refractivity contribution in [3.63, 3.8) is 0 Å². The highest BCUT2D eigenvalue weighted by molar-refractivity contribution is 5.46. The molecular formula is C17H24O. The Morgan fingerprint density at radius 2 is 2.00 bits per heavy atom. The van der Waals surface area contributed by atoms with Gasteiger partial charge in [-0.1, -0.05) is 31.5 Å². The molecule has 1 heteroatoms. The lowest BCUT2D eigenvalue weighted by Gasteiger charge is -2.18. The number of ether oxygens (including phenoxy) is 1. The van der Waals surface area contributed by atoms with E-state index in [1.807, 2.05) is 6.92 Å². The van der Waals surface area contributed by atoms with Crippen LogP contribution in [0.15, 0.2) is 12.1 Å². The van der Waals surface area contributed by atoms with Gasteiger partial charge in [0.2, 0.25) is 0 Å². The molecule has 0 aliphatic carbocycles. The highest BCUT2D eigenvalue weighted by atomic mass is 16.5. The summed E-state index contributed by atoms with van der Waals surface area (Å²) in [6.07, 6.45) is 1.93. The lowest BCUT2D eigenvalue weighted by Crippen LogP contribution is -2.04. The van der Waals surface area contributed by atoms with Crippen molar-refractivity contribution in [2.45, 2.75) is 53.4 Å². The molecule has 0 radical (unpaired) electrons. The van der Waals surface area contributed by atoms with Crippen LogP contribution >= 0.6 is 0 Å². The van der Waals surface area contributed by atoms with Crippen LogP contribution in [0.4, 0.5) is 0 Å². The summed E-state index contributed by atoms with van der Waals surface area (Å²) in [6.45, 7) is 11.3. The van der Waals surface area contributed by atoms with E-state index in [4.69, 9.17) is 4.74 Å². The molecule has 1 nitrogen and oxygen atoms in total. The van der Waals surface area contributed by atoms with Crippen molar-refractivity contribution >= 4 is 0 Å². The second-order valence-electron chi connectivity index (χ2n) is 4.88. The Bertz CT molecular complexity index is 449. The second-order valence-corrected chi connectivity index (χ2v) is 4.88. The van der Waals surface area contributed by atoms with Crippen LogP contribution < -0.4 is 4.74 Å². The molecule has 1 unspecified atom stereocenters. The van der Waals surface area contributed by atoms with Crippen LogP contribution in [0.5, 0.6) is 5.75 Å². The standard InChI is InChI=1S/C17H24O/c1-6-8-9-14(4)16-12-13(3)11-15(5)17(16)18-10-7-2/h11-12,14H,7,9-10H2,1-5H3. The van der Waals surface area contributed by atoms with Gasteiger partial charge >= 0.3 is 0 Å². The fourth-order valence-corrected chi connectivity index (χ4v) is 2.12. The summed E-state index contributed by atoms with van der Waals surface area (Å²) in [6, 6.07) is 4.42. The van der Waals surface area contributed by atoms with Crippen molar-refractivity contribution in [3.05, 3.63) is 28.8 Å². The van der Waals surface area contributed by atoms with E-state index in [2.05, 4.69) is 51.7 Å². The minimum Gasteiger partial charge on any atom is -0.493 e. The lowest BCUT2D eigenvalue weighted by molar-refractivity contribution is 0.310. The molecule has 0 bridgehead atoms. The van der Waals surface area contributed by atoms with Crippen LogP contribution in [0.2, 0.25) is 0 Å². The van der Waals surface area contributed by atoms with Crippen LogP contribution in [0.1, 0.15) is 56.2 Å². The third-order valence-electron chi connectivity index (χ3n) is 3.01. The molecule has 0 saturated heterocycles. The quantitative estimate of drug-likeness (QED) is 0.687. The van der Waals surface area contributed by atoms with Gasteiger partial charge in [-0.05, 0) is 44.2 Å². The molecule has 0 spiro atoms. The van der Waals surface area contributed by atoms with Gasteiger partial charge in [0.05, 0.1) is 6.61 Å². The highest BCUT2D eigenvalue weighted by Gasteiger charge is 2.14. The van der Waals surface area contributed by atoms with E-state index in [1.165, 1.54) is 16.7 Å². The first-order chi connectivity index (χ1) is 8.60.